The number of hydrogen-bond acceptors (Lipinski definition) is 3. The van der Waals surface area contributed by atoms with Crippen LogP contribution in [0.15, 0.2) is 29.2 Å². The molecule has 16 heavy (non-hydrogen) atoms. The molecule has 0 bridgehead atoms. The highest BCUT2D eigenvalue weighted by molar-refractivity contribution is 7.86. The van der Waals surface area contributed by atoms with Gasteiger partial charge in [-0.1, -0.05) is 0 Å². The molecule has 88 valence electrons. The summed E-state index contributed by atoms with van der Waals surface area (Å²) in [5, 5.41) is -0.543. The lowest BCUT2D eigenvalue weighted by Gasteiger charge is -2.16. The van der Waals surface area contributed by atoms with Gasteiger partial charge in [0.2, 0.25) is 5.91 Å². The van der Waals surface area contributed by atoms with E-state index in [1.54, 1.807) is 45.3 Å². The fourth-order valence-corrected chi connectivity index (χ4v) is 2.47. The quantitative estimate of drug-likeness (QED) is 0.797. The zero-order chi connectivity index (χ0) is 12.3. The van der Waals surface area contributed by atoms with Gasteiger partial charge in [-0.15, -0.1) is 0 Å². The standard InChI is InChI=1S/C11H16N2O2S/c1-8(11(14)13(2)3)16(15)10-6-4-9(12)5-7-10/h4-8H,12H2,1-3H3. The summed E-state index contributed by atoms with van der Waals surface area (Å²) in [6.07, 6.45) is 0. The summed E-state index contributed by atoms with van der Waals surface area (Å²) in [4.78, 5) is 13.7. The van der Waals surface area contributed by atoms with Crippen LogP contribution in [0.2, 0.25) is 0 Å². The van der Waals surface area contributed by atoms with Crippen molar-refractivity contribution in [2.24, 2.45) is 0 Å². The number of anilines is 1. The van der Waals surface area contributed by atoms with Crippen molar-refractivity contribution in [3.8, 4) is 0 Å². The highest BCUT2D eigenvalue weighted by Crippen LogP contribution is 2.14. The van der Waals surface area contributed by atoms with Crippen LogP contribution in [0, 0.1) is 0 Å². The van der Waals surface area contributed by atoms with Crippen LogP contribution in [0.4, 0.5) is 5.69 Å². The Bertz CT molecular complexity index is 401. The number of carbonyl (C=O) groups is 1. The molecule has 2 unspecified atom stereocenters. The summed E-state index contributed by atoms with van der Waals surface area (Å²) in [5.74, 6) is -0.143. The highest BCUT2D eigenvalue weighted by Gasteiger charge is 2.22. The molecule has 2 N–H and O–H groups in total. The van der Waals surface area contributed by atoms with Gasteiger partial charge in [0.25, 0.3) is 0 Å². The summed E-state index contributed by atoms with van der Waals surface area (Å²) in [6.45, 7) is 1.66. The van der Waals surface area contributed by atoms with Gasteiger partial charge in [0.05, 0.1) is 10.8 Å². The zero-order valence-corrected chi connectivity index (χ0v) is 10.5. The molecule has 0 fully saturated rings. The molecule has 1 aromatic carbocycles. The van der Waals surface area contributed by atoms with Gasteiger partial charge in [0.15, 0.2) is 0 Å². The van der Waals surface area contributed by atoms with Crippen molar-refractivity contribution >= 4 is 22.4 Å². The van der Waals surface area contributed by atoms with Gasteiger partial charge in [0, 0.05) is 24.7 Å². The molecular formula is C11H16N2O2S. The van der Waals surface area contributed by atoms with Gasteiger partial charge >= 0.3 is 0 Å². The van der Waals surface area contributed by atoms with Crippen molar-refractivity contribution in [3.05, 3.63) is 24.3 Å². The number of nitrogen functional groups attached to an aromatic ring is 1. The Balaban J connectivity index is 2.86. The van der Waals surface area contributed by atoms with Crippen LogP contribution in [0.3, 0.4) is 0 Å². The van der Waals surface area contributed by atoms with Crippen LogP contribution < -0.4 is 5.73 Å². The van der Waals surface area contributed by atoms with E-state index in [-0.39, 0.29) is 5.91 Å². The molecule has 1 amide bonds. The first kappa shape index (κ1) is 12.7. The van der Waals surface area contributed by atoms with Crippen LogP contribution >= 0.6 is 0 Å². The molecule has 0 saturated carbocycles. The maximum atomic E-state index is 12.0. The van der Waals surface area contributed by atoms with Gasteiger partial charge in [-0.25, -0.2) is 0 Å². The number of nitrogens with two attached hydrogens (primary N) is 1. The number of benzene rings is 1. The Morgan fingerprint density at radius 2 is 1.81 bits per heavy atom. The third-order valence-electron chi connectivity index (χ3n) is 2.22. The van der Waals surface area contributed by atoms with Crippen molar-refractivity contribution in [3.63, 3.8) is 0 Å². The van der Waals surface area contributed by atoms with E-state index in [4.69, 9.17) is 5.73 Å². The van der Waals surface area contributed by atoms with E-state index in [9.17, 15) is 9.00 Å². The molecule has 0 heterocycles. The Hall–Kier alpha value is -1.36. The SMILES string of the molecule is CC(C(=O)N(C)C)S(=O)c1ccc(N)cc1. The predicted molar refractivity (Wildman–Crippen MR) is 65.4 cm³/mol. The third-order valence-corrected chi connectivity index (χ3v) is 3.80. The minimum absolute atomic E-state index is 0.143. The van der Waals surface area contributed by atoms with Crippen LogP contribution in [-0.4, -0.2) is 34.4 Å². The normalized spacial score (nSPS) is 14.2. The summed E-state index contributed by atoms with van der Waals surface area (Å²) in [5.41, 5.74) is 6.15. The second-order valence-corrected chi connectivity index (χ2v) is 5.51. The van der Waals surface area contributed by atoms with E-state index in [1.165, 1.54) is 4.90 Å². The number of amides is 1. The fraction of sp³-hybridized carbons (Fsp3) is 0.364. The van der Waals surface area contributed by atoms with E-state index in [0.29, 0.717) is 10.6 Å². The van der Waals surface area contributed by atoms with Gasteiger partial charge in [-0.2, -0.15) is 0 Å². The molecule has 0 saturated heterocycles. The van der Waals surface area contributed by atoms with Crippen molar-refractivity contribution in [1.29, 1.82) is 0 Å². The molecule has 0 aliphatic carbocycles. The molecule has 1 rings (SSSR count). The summed E-state index contributed by atoms with van der Waals surface area (Å²) in [7, 11) is 1.97. The first-order valence-corrected chi connectivity index (χ1v) is 6.12. The van der Waals surface area contributed by atoms with Crippen LogP contribution in [0.25, 0.3) is 0 Å². The summed E-state index contributed by atoms with van der Waals surface area (Å²) < 4.78 is 12.0. The smallest absolute Gasteiger partial charge is 0.237 e. The topological polar surface area (TPSA) is 63.4 Å². The molecular weight excluding hydrogens is 224 g/mol. The highest BCUT2D eigenvalue weighted by atomic mass is 32.2. The Morgan fingerprint density at radius 1 is 1.31 bits per heavy atom. The molecule has 4 nitrogen and oxygen atoms in total. The maximum absolute atomic E-state index is 12.0. The van der Waals surface area contributed by atoms with Crippen LogP contribution in [0.1, 0.15) is 6.92 Å². The number of nitrogens with zero attached hydrogens (tertiary/aromatic N) is 1. The van der Waals surface area contributed by atoms with Gasteiger partial charge in [-0.3, -0.25) is 9.00 Å². The van der Waals surface area contributed by atoms with Gasteiger partial charge in [-0.05, 0) is 31.2 Å². The molecule has 0 aliphatic rings. The molecule has 5 heteroatoms. The average molecular weight is 240 g/mol. The monoisotopic (exact) mass is 240 g/mol. The van der Waals surface area contributed by atoms with E-state index >= 15 is 0 Å². The summed E-state index contributed by atoms with van der Waals surface area (Å²) >= 11 is 0. The zero-order valence-electron chi connectivity index (χ0n) is 9.64. The molecule has 0 aromatic heterocycles. The number of hydrogen-bond donors (Lipinski definition) is 1. The number of carbonyl (C=O) groups excluding carboxylic acids is 1. The van der Waals surface area contributed by atoms with E-state index < -0.39 is 16.0 Å². The second kappa shape index (κ2) is 5.12. The predicted octanol–water partition coefficient (Wildman–Crippen LogP) is 0.853. The van der Waals surface area contributed by atoms with Gasteiger partial charge in [0.1, 0.15) is 5.25 Å². The van der Waals surface area contributed by atoms with Crippen molar-refractivity contribution in [2.75, 3.05) is 19.8 Å². The molecule has 0 spiro atoms. The largest absolute Gasteiger partial charge is 0.399 e. The minimum atomic E-state index is -1.33. The Kier molecular flexibility index (Phi) is 4.06. The lowest BCUT2D eigenvalue weighted by atomic mass is 10.3. The lowest BCUT2D eigenvalue weighted by molar-refractivity contribution is -0.127. The summed E-state index contributed by atoms with van der Waals surface area (Å²) in [6, 6.07) is 6.73. The van der Waals surface area contributed by atoms with Crippen molar-refractivity contribution in [2.45, 2.75) is 17.1 Å². The molecule has 1 aromatic rings. The van der Waals surface area contributed by atoms with Crippen molar-refractivity contribution < 1.29 is 9.00 Å². The Labute approximate surface area is 97.9 Å². The third kappa shape index (κ3) is 2.82. The minimum Gasteiger partial charge on any atom is -0.399 e. The van der Waals surface area contributed by atoms with Crippen LogP contribution in [-0.2, 0) is 15.6 Å². The fourth-order valence-electron chi connectivity index (χ4n) is 1.26. The first-order chi connectivity index (χ1) is 7.43. The van der Waals surface area contributed by atoms with E-state index in [2.05, 4.69) is 0 Å². The van der Waals surface area contributed by atoms with Crippen LogP contribution in [0.5, 0.6) is 0 Å². The second-order valence-electron chi connectivity index (χ2n) is 3.74. The Morgan fingerprint density at radius 3 is 2.25 bits per heavy atom. The average Bonchev–Trinajstić information content (AvgIpc) is 2.27. The number of rotatable bonds is 3. The molecule has 0 aliphatic heterocycles. The first-order valence-electron chi connectivity index (χ1n) is 4.90. The van der Waals surface area contributed by atoms with E-state index in [0.717, 1.165) is 0 Å². The van der Waals surface area contributed by atoms with Gasteiger partial charge < -0.3 is 10.6 Å². The molecule has 0 radical (unpaired) electrons. The maximum Gasteiger partial charge on any atom is 0.237 e. The molecule has 2 atom stereocenters. The lowest BCUT2D eigenvalue weighted by Crippen LogP contribution is -2.34. The van der Waals surface area contributed by atoms with E-state index in [1.807, 2.05) is 0 Å². The van der Waals surface area contributed by atoms with Crippen molar-refractivity contribution in [1.82, 2.24) is 4.90 Å².